The van der Waals surface area contributed by atoms with Gasteiger partial charge in [0.25, 0.3) is 21.6 Å². The molecule has 0 bridgehead atoms. The van der Waals surface area contributed by atoms with E-state index in [-0.39, 0.29) is 5.56 Å². The summed E-state index contributed by atoms with van der Waals surface area (Å²) in [5.74, 6) is -1.80. The number of hydrogen-bond acceptors (Lipinski definition) is 5. The standard InChI is InChI=1S/C17H13FN2O5S/c18-15-8-6-14(16(12-15)20(22)23)7-9-17(21)19-26(24,25)11-10-13-4-2-1-3-5-13/h1-12H,(H,19,21)/b9-7+,11-10+. The van der Waals surface area contributed by atoms with Gasteiger partial charge in [-0.25, -0.2) is 17.5 Å². The molecular weight excluding hydrogens is 363 g/mol. The molecule has 0 saturated carbocycles. The third-order valence-corrected chi connectivity index (χ3v) is 4.07. The van der Waals surface area contributed by atoms with Gasteiger partial charge in [-0.1, -0.05) is 30.3 Å². The molecule has 9 heteroatoms. The van der Waals surface area contributed by atoms with Crippen molar-refractivity contribution in [2.45, 2.75) is 0 Å². The molecule has 0 spiro atoms. The van der Waals surface area contributed by atoms with E-state index in [9.17, 15) is 27.7 Å². The first kappa shape index (κ1) is 19.0. The second kappa shape index (κ2) is 8.17. The first-order chi connectivity index (χ1) is 12.3. The van der Waals surface area contributed by atoms with Crippen molar-refractivity contribution >= 4 is 33.8 Å². The fourth-order valence-electron chi connectivity index (χ4n) is 1.92. The van der Waals surface area contributed by atoms with Crippen LogP contribution in [0.4, 0.5) is 10.1 Å². The van der Waals surface area contributed by atoms with Crippen molar-refractivity contribution in [2.24, 2.45) is 0 Å². The molecule has 0 fully saturated rings. The van der Waals surface area contributed by atoms with E-state index in [1.807, 2.05) is 0 Å². The Morgan fingerprint density at radius 1 is 1.12 bits per heavy atom. The summed E-state index contributed by atoms with van der Waals surface area (Å²) in [6, 6.07) is 11.4. The van der Waals surface area contributed by atoms with Crippen LogP contribution in [-0.4, -0.2) is 19.2 Å². The highest BCUT2D eigenvalue weighted by atomic mass is 32.2. The smallest absolute Gasteiger partial charge is 0.269 e. The summed E-state index contributed by atoms with van der Waals surface area (Å²) in [5, 5.41) is 11.7. The third kappa shape index (κ3) is 5.64. The molecule has 2 aromatic rings. The fraction of sp³-hybridized carbons (Fsp3) is 0. The summed E-state index contributed by atoms with van der Waals surface area (Å²) >= 11 is 0. The molecule has 0 saturated heterocycles. The number of sulfonamides is 1. The third-order valence-electron chi connectivity index (χ3n) is 3.09. The maximum Gasteiger partial charge on any atom is 0.279 e. The minimum absolute atomic E-state index is 0.0382. The molecule has 0 aromatic heterocycles. The van der Waals surface area contributed by atoms with Crippen LogP contribution in [0.15, 0.2) is 60.0 Å². The molecule has 1 N–H and O–H groups in total. The molecule has 134 valence electrons. The first-order valence-electron chi connectivity index (χ1n) is 7.19. The predicted octanol–water partition coefficient (Wildman–Crippen LogP) is 2.86. The summed E-state index contributed by atoms with van der Waals surface area (Å²) < 4.78 is 38.5. The number of benzene rings is 2. The van der Waals surface area contributed by atoms with E-state index in [1.165, 1.54) is 6.08 Å². The Labute approximate surface area is 148 Å². The van der Waals surface area contributed by atoms with Gasteiger partial charge in [0.1, 0.15) is 5.82 Å². The van der Waals surface area contributed by atoms with Crippen LogP contribution in [0.3, 0.4) is 0 Å². The Kier molecular flexibility index (Phi) is 5.97. The largest absolute Gasteiger partial charge is 0.279 e. The van der Waals surface area contributed by atoms with Gasteiger partial charge in [-0.2, -0.15) is 0 Å². The van der Waals surface area contributed by atoms with Crippen molar-refractivity contribution < 1.29 is 22.5 Å². The highest BCUT2D eigenvalue weighted by molar-refractivity contribution is 7.93. The molecule has 0 aliphatic carbocycles. The predicted molar refractivity (Wildman–Crippen MR) is 94.6 cm³/mol. The van der Waals surface area contributed by atoms with Crippen LogP contribution >= 0.6 is 0 Å². The zero-order chi connectivity index (χ0) is 19.2. The molecule has 26 heavy (non-hydrogen) atoms. The van der Waals surface area contributed by atoms with Crippen molar-refractivity contribution in [3.8, 4) is 0 Å². The zero-order valence-corrected chi connectivity index (χ0v) is 14.0. The first-order valence-corrected chi connectivity index (χ1v) is 8.73. The Balaban J connectivity index is 2.09. The fourth-order valence-corrected chi connectivity index (χ4v) is 2.67. The van der Waals surface area contributed by atoms with Crippen LogP contribution in [0, 0.1) is 15.9 Å². The maximum atomic E-state index is 13.1. The number of carbonyl (C=O) groups excluding carboxylic acids is 1. The van der Waals surface area contributed by atoms with Crippen LogP contribution in [0.5, 0.6) is 0 Å². The van der Waals surface area contributed by atoms with Crippen LogP contribution in [0.2, 0.25) is 0 Å². The summed E-state index contributed by atoms with van der Waals surface area (Å²) in [5.41, 5.74) is 0.0486. The summed E-state index contributed by atoms with van der Waals surface area (Å²) in [7, 11) is -4.04. The van der Waals surface area contributed by atoms with Crippen molar-refractivity contribution in [1.82, 2.24) is 4.72 Å². The molecule has 2 rings (SSSR count). The van der Waals surface area contributed by atoms with Gasteiger partial charge in [0.05, 0.1) is 22.0 Å². The van der Waals surface area contributed by atoms with Gasteiger partial charge in [0.2, 0.25) is 0 Å². The minimum Gasteiger partial charge on any atom is -0.269 e. The average Bonchev–Trinajstić information content (AvgIpc) is 2.59. The SMILES string of the molecule is O=C(/C=C/c1ccc(F)cc1[N+](=O)[O-])NS(=O)(=O)/C=C/c1ccccc1. The monoisotopic (exact) mass is 376 g/mol. The molecule has 0 aliphatic heterocycles. The number of nitro groups is 1. The van der Waals surface area contributed by atoms with E-state index in [1.54, 1.807) is 35.1 Å². The van der Waals surface area contributed by atoms with Crippen LogP contribution in [-0.2, 0) is 14.8 Å². The Morgan fingerprint density at radius 3 is 2.46 bits per heavy atom. The van der Waals surface area contributed by atoms with E-state index in [2.05, 4.69) is 0 Å². The summed E-state index contributed by atoms with van der Waals surface area (Å²) in [4.78, 5) is 21.8. The van der Waals surface area contributed by atoms with Crippen LogP contribution in [0.1, 0.15) is 11.1 Å². The zero-order valence-electron chi connectivity index (χ0n) is 13.2. The number of nitrogens with zero attached hydrogens (tertiary/aromatic N) is 1. The van der Waals surface area contributed by atoms with Crippen LogP contribution in [0.25, 0.3) is 12.2 Å². The minimum atomic E-state index is -4.04. The van der Waals surface area contributed by atoms with Crippen molar-refractivity contribution in [3.63, 3.8) is 0 Å². The van der Waals surface area contributed by atoms with Gasteiger partial charge in [-0.05, 0) is 29.8 Å². The molecule has 0 aliphatic rings. The van der Waals surface area contributed by atoms with Gasteiger partial charge in [-0.15, -0.1) is 0 Å². The van der Waals surface area contributed by atoms with E-state index in [0.717, 1.165) is 29.7 Å². The normalized spacial score (nSPS) is 11.7. The molecule has 0 heterocycles. The van der Waals surface area contributed by atoms with Crippen molar-refractivity contribution in [1.29, 1.82) is 0 Å². The number of hydrogen-bond donors (Lipinski definition) is 1. The van der Waals surface area contributed by atoms with Gasteiger partial charge >= 0.3 is 0 Å². The summed E-state index contributed by atoms with van der Waals surface area (Å²) in [6.07, 6.45) is 3.15. The number of carbonyl (C=O) groups is 1. The lowest BCUT2D eigenvalue weighted by Gasteiger charge is -2.00. The number of rotatable bonds is 6. The van der Waals surface area contributed by atoms with E-state index >= 15 is 0 Å². The molecule has 7 nitrogen and oxygen atoms in total. The number of amides is 1. The molecule has 0 unspecified atom stereocenters. The Hall–Kier alpha value is -3.33. The lowest BCUT2D eigenvalue weighted by atomic mass is 10.1. The highest BCUT2D eigenvalue weighted by Gasteiger charge is 2.14. The average molecular weight is 376 g/mol. The maximum absolute atomic E-state index is 13.1. The molecule has 0 radical (unpaired) electrons. The van der Waals surface area contributed by atoms with Gasteiger partial charge in [0, 0.05) is 6.08 Å². The Morgan fingerprint density at radius 2 is 1.81 bits per heavy atom. The quantitative estimate of drug-likeness (QED) is 0.474. The van der Waals surface area contributed by atoms with E-state index < -0.39 is 32.4 Å². The van der Waals surface area contributed by atoms with Gasteiger partial charge < -0.3 is 0 Å². The second-order valence-corrected chi connectivity index (χ2v) is 6.58. The highest BCUT2D eigenvalue weighted by Crippen LogP contribution is 2.21. The number of nitrogens with one attached hydrogen (secondary N) is 1. The van der Waals surface area contributed by atoms with Gasteiger partial charge in [0.15, 0.2) is 0 Å². The molecule has 0 atom stereocenters. The number of halogens is 1. The lowest BCUT2D eigenvalue weighted by Crippen LogP contribution is -2.26. The lowest BCUT2D eigenvalue weighted by molar-refractivity contribution is -0.385. The Bertz CT molecular complexity index is 985. The topological polar surface area (TPSA) is 106 Å². The molecular formula is C17H13FN2O5S. The van der Waals surface area contributed by atoms with Gasteiger partial charge in [-0.3, -0.25) is 14.9 Å². The van der Waals surface area contributed by atoms with Crippen molar-refractivity contribution in [3.05, 3.63) is 87.1 Å². The number of nitro benzene ring substituents is 1. The van der Waals surface area contributed by atoms with E-state index in [0.29, 0.717) is 11.6 Å². The van der Waals surface area contributed by atoms with Crippen LogP contribution < -0.4 is 4.72 Å². The van der Waals surface area contributed by atoms with E-state index in [4.69, 9.17) is 0 Å². The molecule has 2 aromatic carbocycles. The summed E-state index contributed by atoms with van der Waals surface area (Å²) in [6.45, 7) is 0. The van der Waals surface area contributed by atoms with Crippen molar-refractivity contribution in [2.75, 3.05) is 0 Å². The second-order valence-electron chi connectivity index (χ2n) is 5.02. The molecule has 1 amide bonds.